The smallest absolute Gasteiger partial charge is 0.243 e. The average molecular weight is 503 g/mol. The van der Waals surface area contributed by atoms with Crippen LogP contribution in [0.2, 0.25) is 5.02 Å². The maximum absolute atomic E-state index is 13.4. The first kappa shape index (κ1) is 25.0. The molecule has 0 radical (unpaired) electrons. The highest BCUT2D eigenvalue weighted by molar-refractivity contribution is 7.16. The maximum Gasteiger partial charge on any atom is 0.243 e. The fourth-order valence-corrected chi connectivity index (χ4v) is 6.41. The summed E-state index contributed by atoms with van der Waals surface area (Å²) in [5, 5.41) is 8.11. The highest BCUT2D eigenvalue weighted by atomic mass is 35.5. The van der Waals surface area contributed by atoms with Gasteiger partial charge in [0.15, 0.2) is 0 Å². The molecular weight excluding hydrogens is 468 g/mol. The molecule has 0 aliphatic heterocycles. The molecule has 0 unspecified atom stereocenters. The monoisotopic (exact) mass is 502 g/mol. The molecule has 4 rings (SSSR count). The number of amides is 2. The normalized spacial score (nSPS) is 18.6. The van der Waals surface area contributed by atoms with Crippen LogP contribution >= 0.6 is 22.9 Å². The van der Waals surface area contributed by atoms with Gasteiger partial charge in [-0.1, -0.05) is 50.1 Å². The van der Waals surface area contributed by atoms with Gasteiger partial charge in [-0.3, -0.25) is 19.5 Å². The number of nitrogens with one attached hydrogen (secondary N) is 2. The molecule has 0 aromatic carbocycles. The fraction of sp³-hybridized carbons (Fsp3) is 0.577. The standard InChI is InChI=1S/C26H35ClN4O2S/c1-17-22(14-20(27)15-28-17)29-18(2)24-11-12-25(34-24)31(16-32)23(13-19-7-3-4-8-19)26(33)30-21-9-5-6-10-21/h11-12,14-16,18-19,21,23,29H,3-10,13H2,1-2H3,(H,30,33)/t18-,23-/m0/s1. The number of anilines is 2. The van der Waals surface area contributed by atoms with Gasteiger partial charge >= 0.3 is 0 Å². The summed E-state index contributed by atoms with van der Waals surface area (Å²) < 4.78 is 0. The molecule has 2 N–H and O–H groups in total. The number of hydrogen-bond donors (Lipinski definition) is 2. The molecule has 0 bridgehead atoms. The van der Waals surface area contributed by atoms with Crippen molar-refractivity contribution in [2.24, 2.45) is 5.92 Å². The minimum atomic E-state index is -0.463. The molecule has 2 heterocycles. The van der Waals surface area contributed by atoms with Crippen LogP contribution in [0.3, 0.4) is 0 Å². The average Bonchev–Trinajstić information content (AvgIpc) is 3.59. The number of thiophene rings is 1. The third-order valence-electron chi connectivity index (χ3n) is 7.20. The Labute approximate surface area is 211 Å². The van der Waals surface area contributed by atoms with Crippen molar-refractivity contribution in [1.82, 2.24) is 10.3 Å². The van der Waals surface area contributed by atoms with Gasteiger partial charge in [0.25, 0.3) is 0 Å². The molecule has 8 heteroatoms. The second kappa shape index (κ2) is 11.5. The Morgan fingerprint density at radius 1 is 1.24 bits per heavy atom. The van der Waals surface area contributed by atoms with Crippen molar-refractivity contribution in [2.75, 3.05) is 10.2 Å². The maximum atomic E-state index is 13.4. The summed E-state index contributed by atoms with van der Waals surface area (Å²) >= 11 is 7.67. The van der Waals surface area contributed by atoms with E-state index in [1.807, 2.05) is 25.1 Å². The van der Waals surface area contributed by atoms with Crippen molar-refractivity contribution in [2.45, 2.75) is 89.8 Å². The van der Waals surface area contributed by atoms with Gasteiger partial charge in [-0.25, -0.2) is 0 Å². The minimum Gasteiger partial charge on any atom is -0.376 e. The SMILES string of the molecule is Cc1ncc(Cl)cc1N[C@@H](C)c1ccc(N(C=O)[C@@H](CC2CCCC2)C(=O)NC2CCCC2)s1. The lowest BCUT2D eigenvalue weighted by atomic mass is 9.96. The Kier molecular flexibility index (Phi) is 8.48. The molecule has 2 amide bonds. The van der Waals surface area contributed by atoms with Gasteiger partial charge in [0.2, 0.25) is 12.3 Å². The molecule has 2 aromatic heterocycles. The number of hydrogen-bond acceptors (Lipinski definition) is 5. The number of aromatic nitrogens is 1. The predicted octanol–water partition coefficient (Wildman–Crippen LogP) is 6.25. The fourth-order valence-electron chi connectivity index (χ4n) is 5.23. The summed E-state index contributed by atoms with van der Waals surface area (Å²) in [6.07, 6.45) is 12.3. The van der Waals surface area contributed by atoms with Gasteiger partial charge in [0.05, 0.1) is 27.4 Å². The molecule has 34 heavy (non-hydrogen) atoms. The van der Waals surface area contributed by atoms with E-state index < -0.39 is 6.04 Å². The van der Waals surface area contributed by atoms with E-state index in [-0.39, 0.29) is 18.0 Å². The van der Waals surface area contributed by atoms with Crippen LogP contribution in [0, 0.1) is 12.8 Å². The number of carbonyl (C=O) groups excluding carboxylic acids is 2. The van der Waals surface area contributed by atoms with Crippen LogP contribution in [0.25, 0.3) is 0 Å². The second-order valence-corrected chi connectivity index (χ2v) is 11.3. The van der Waals surface area contributed by atoms with E-state index in [1.165, 1.54) is 12.8 Å². The molecule has 2 aromatic rings. The van der Waals surface area contributed by atoms with Crippen molar-refractivity contribution in [1.29, 1.82) is 0 Å². The van der Waals surface area contributed by atoms with E-state index >= 15 is 0 Å². The van der Waals surface area contributed by atoms with Gasteiger partial charge in [0, 0.05) is 17.1 Å². The Bertz CT molecular complexity index is 985. The Balaban J connectivity index is 1.51. The van der Waals surface area contributed by atoms with E-state index in [4.69, 9.17) is 11.6 Å². The van der Waals surface area contributed by atoms with Gasteiger partial charge in [-0.2, -0.15) is 0 Å². The topological polar surface area (TPSA) is 74.3 Å². The first-order valence-electron chi connectivity index (χ1n) is 12.5. The number of pyridine rings is 1. The molecule has 0 saturated heterocycles. The number of halogens is 1. The number of nitrogens with zero attached hydrogens (tertiary/aromatic N) is 2. The van der Waals surface area contributed by atoms with Crippen LogP contribution in [0.1, 0.15) is 81.3 Å². The van der Waals surface area contributed by atoms with Crippen molar-refractivity contribution < 1.29 is 9.59 Å². The summed E-state index contributed by atoms with van der Waals surface area (Å²) in [6.45, 7) is 4.01. The Morgan fingerprint density at radius 2 is 1.94 bits per heavy atom. The van der Waals surface area contributed by atoms with Gasteiger partial charge in [0.1, 0.15) is 6.04 Å². The number of carbonyl (C=O) groups is 2. The van der Waals surface area contributed by atoms with Crippen LogP contribution < -0.4 is 15.5 Å². The van der Waals surface area contributed by atoms with Crippen molar-refractivity contribution in [3.63, 3.8) is 0 Å². The molecular formula is C26H35ClN4O2S. The molecule has 2 atom stereocenters. The number of aryl methyl sites for hydroxylation is 1. The van der Waals surface area contributed by atoms with Crippen LogP contribution in [-0.2, 0) is 9.59 Å². The Morgan fingerprint density at radius 3 is 2.65 bits per heavy atom. The van der Waals surface area contributed by atoms with E-state index in [2.05, 4.69) is 22.5 Å². The lowest BCUT2D eigenvalue weighted by Gasteiger charge is -2.29. The third-order valence-corrected chi connectivity index (χ3v) is 8.69. The first-order chi connectivity index (χ1) is 16.4. The van der Waals surface area contributed by atoms with Crippen molar-refractivity contribution in [3.8, 4) is 0 Å². The van der Waals surface area contributed by atoms with E-state index in [9.17, 15) is 9.59 Å². The summed E-state index contributed by atoms with van der Waals surface area (Å²) in [5.74, 6) is 0.493. The highest BCUT2D eigenvalue weighted by Gasteiger charge is 2.33. The highest BCUT2D eigenvalue weighted by Crippen LogP contribution is 2.36. The van der Waals surface area contributed by atoms with E-state index in [1.54, 1.807) is 22.4 Å². The minimum absolute atomic E-state index is 0.00631. The van der Waals surface area contributed by atoms with Gasteiger partial charge in [-0.05, 0) is 57.2 Å². The summed E-state index contributed by atoms with van der Waals surface area (Å²) in [6, 6.07) is 5.65. The zero-order valence-electron chi connectivity index (χ0n) is 20.1. The molecule has 6 nitrogen and oxygen atoms in total. The first-order valence-corrected chi connectivity index (χ1v) is 13.7. The Hall–Kier alpha value is -2.12. The zero-order chi connectivity index (χ0) is 24.1. The molecule has 2 aliphatic rings. The third kappa shape index (κ3) is 6.11. The van der Waals surface area contributed by atoms with Crippen molar-refractivity contribution >= 4 is 45.9 Å². The quantitative estimate of drug-likeness (QED) is 0.376. The van der Waals surface area contributed by atoms with Crippen molar-refractivity contribution in [3.05, 3.63) is 40.0 Å². The van der Waals surface area contributed by atoms with Crippen LogP contribution in [0.15, 0.2) is 24.4 Å². The molecule has 2 aliphatic carbocycles. The molecule has 0 spiro atoms. The molecule has 2 fully saturated rings. The summed E-state index contributed by atoms with van der Waals surface area (Å²) in [5.41, 5.74) is 1.76. The number of rotatable bonds is 10. The lowest BCUT2D eigenvalue weighted by Crippen LogP contribution is -2.49. The largest absolute Gasteiger partial charge is 0.376 e. The second-order valence-electron chi connectivity index (χ2n) is 9.73. The van der Waals surface area contributed by atoms with Crippen LogP contribution in [0.5, 0.6) is 0 Å². The lowest BCUT2D eigenvalue weighted by molar-refractivity contribution is -0.125. The molecule has 2 saturated carbocycles. The van der Waals surface area contributed by atoms with Crippen LogP contribution in [-0.4, -0.2) is 29.4 Å². The van der Waals surface area contributed by atoms with Crippen LogP contribution in [0.4, 0.5) is 10.7 Å². The van der Waals surface area contributed by atoms with E-state index in [0.29, 0.717) is 10.9 Å². The summed E-state index contributed by atoms with van der Waals surface area (Å²) in [7, 11) is 0. The van der Waals surface area contributed by atoms with E-state index in [0.717, 1.165) is 72.6 Å². The zero-order valence-corrected chi connectivity index (χ0v) is 21.6. The predicted molar refractivity (Wildman–Crippen MR) is 140 cm³/mol. The van der Waals surface area contributed by atoms with Gasteiger partial charge < -0.3 is 10.6 Å². The van der Waals surface area contributed by atoms with Gasteiger partial charge in [-0.15, -0.1) is 11.3 Å². The summed E-state index contributed by atoms with van der Waals surface area (Å²) in [4.78, 5) is 32.8. The molecule has 184 valence electrons.